The average molecular weight is 586 g/mol. The van der Waals surface area contributed by atoms with E-state index >= 15 is 0 Å². The summed E-state index contributed by atoms with van der Waals surface area (Å²) in [6, 6.07) is 4.36. The molecule has 0 radical (unpaired) electrons. The van der Waals surface area contributed by atoms with Gasteiger partial charge < -0.3 is 24.4 Å². The summed E-state index contributed by atoms with van der Waals surface area (Å²) in [6.07, 6.45) is -0.264. The highest BCUT2D eigenvalue weighted by Gasteiger charge is 2.40. The normalized spacial score (nSPS) is 21.2. The number of alkyl halides is 3. The van der Waals surface area contributed by atoms with Crippen LogP contribution in [0.3, 0.4) is 0 Å². The topological polar surface area (TPSA) is 115 Å². The van der Waals surface area contributed by atoms with Gasteiger partial charge in [0.15, 0.2) is 17.4 Å². The first kappa shape index (κ1) is 28.1. The van der Waals surface area contributed by atoms with Gasteiger partial charge in [-0.1, -0.05) is 12.1 Å². The summed E-state index contributed by atoms with van der Waals surface area (Å²) >= 11 is 0. The highest BCUT2D eigenvalue weighted by Crippen LogP contribution is 2.41. The number of anilines is 3. The molecule has 0 aliphatic carbocycles. The largest absolute Gasteiger partial charge is 0.461 e. The predicted molar refractivity (Wildman–Crippen MR) is 146 cm³/mol. The lowest BCUT2D eigenvalue weighted by molar-refractivity contribution is -0.141. The summed E-state index contributed by atoms with van der Waals surface area (Å²) in [7, 11) is 0. The number of fused-ring (bicyclic) bond motifs is 4. The maximum atomic E-state index is 13.7. The van der Waals surface area contributed by atoms with Gasteiger partial charge in [-0.15, -0.1) is 0 Å². The zero-order valence-electron chi connectivity index (χ0n) is 23.3. The van der Waals surface area contributed by atoms with Crippen LogP contribution in [0.15, 0.2) is 36.7 Å². The second kappa shape index (κ2) is 10.7. The molecule has 222 valence electrons. The molecule has 2 aromatic heterocycles. The molecule has 1 N–H and O–H groups in total. The first-order chi connectivity index (χ1) is 20.0. The fourth-order valence-corrected chi connectivity index (χ4v) is 5.51. The van der Waals surface area contributed by atoms with Crippen LogP contribution in [-0.4, -0.2) is 70.2 Å². The Labute approximate surface area is 240 Å². The van der Waals surface area contributed by atoms with Gasteiger partial charge in [0.1, 0.15) is 18.4 Å². The minimum atomic E-state index is -4.51. The smallest absolute Gasteiger partial charge is 0.416 e. The number of carbonyl (C=O) groups excluding carboxylic acids is 1. The molecule has 1 aromatic carbocycles. The summed E-state index contributed by atoms with van der Waals surface area (Å²) in [6.45, 7) is 7.41. The zero-order chi connectivity index (χ0) is 29.6. The quantitative estimate of drug-likeness (QED) is 0.450. The van der Waals surface area contributed by atoms with E-state index in [2.05, 4.69) is 30.2 Å². The molecule has 3 aliphatic rings. The van der Waals surface area contributed by atoms with Crippen LogP contribution in [0, 0.1) is 6.92 Å². The average Bonchev–Trinajstić information content (AvgIpc) is 3.30. The molecule has 1 unspecified atom stereocenters. The summed E-state index contributed by atoms with van der Waals surface area (Å²) in [5.74, 6) is -0.199. The third-order valence-corrected chi connectivity index (χ3v) is 7.36. The number of ether oxygens (including phenoxy) is 3. The lowest BCUT2D eigenvalue weighted by Crippen LogP contribution is -2.56. The molecular weight excluding hydrogens is 555 g/mol. The number of nitrogens with one attached hydrogen (secondary N) is 1. The van der Waals surface area contributed by atoms with E-state index in [9.17, 15) is 18.0 Å². The number of nitrogens with zero attached hydrogens (tertiary/aromatic N) is 6. The van der Waals surface area contributed by atoms with Crippen molar-refractivity contribution in [3.05, 3.63) is 47.9 Å². The first-order valence-corrected chi connectivity index (χ1v) is 13.6. The minimum Gasteiger partial charge on any atom is -0.461 e. The number of urea groups is 1. The number of aryl methyl sites for hydroxylation is 1. The van der Waals surface area contributed by atoms with Crippen LogP contribution in [0.4, 0.5) is 35.2 Å². The van der Waals surface area contributed by atoms with Crippen molar-refractivity contribution in [3.63, 3.8) is 0 Å². The van der Waals surface area contributed by atoms with Crippen molar-refractivity contribution in [3.8, 4) is 17.4 Å². The molecule has 3 aromatic rings. The van der Waals surface area contributed by atoms with Crippen molar-refractivity contribution in [1.29, 1.82) is 0 Å². The fourth-order valence-electron chi connectivity index (χ4n) is 5.51. The molecule has 2 amide bonds. The molecule has 42 heavy (non-hydrogen) atoms. The van der Waals surface area contributed by atoms with E-state index in [-0.39, 0.29) is 36.2 Å². The van der Waals surface area contributed by atoms with E-state index in [1.807, 2.05) is 13.8 Å². The van der Waals surface area contributed by atoms with Gasteiger partial charge in [-0.3, -0.25) is 4.90 Å². The number of amides is 2. The molecule has 2 fully saturated rings. The van der Waals surface area contributed by atoms with Crippen molar-refractivity contribution in [2.45, 2.75) is 57.7 Å². The Kier molecular flexibility index (Phi) is 7.13. The molecule has 14 heteroatoms. The number of halogens is 3. The van der Waals surface area contributed by atoms with E-state index in [0.29, 0.717) is 36.0 Å². The number of hydrogen-bond acceptors (Lipinski definition) is 9. The van der Waals surface area contributed by atoms with Gasteiger partial charge in [0.05, 0.1) is 42.0 Å². The van der Waals surface area contributed by atoms with Crippen LogP contribution in [-0.2, 0) is 15.7 Å². The van der Waals surface area contributed by atoms with Crippen LogP contribution < -0.4 is 19.9 Å². The molecule has 2 saturated heterocycles. The van der Waals surface area contributed by atoms with E-state index in [1.54, 1.807) is 11.8 Å². The van der Waals surface area contributed by atoms with E-state index in [1.165, 1.54) is 24.5 Å². The summed E-state index contributed by atoms with van der Waals surface area (Å²) in [5, 5.41) is 2.83. The number of hydrogen-bond donors (Lipinski definition) is 1. The third-order valence-electron chi connectivity index (χ3n) is 7.36. The van der Waals surface area contributed by atoms with Gasteiger partial charge in [-0.25, -0.2) is 24.7 Å². The maximum absolute atomic E-state index is 13.7. The second-order valence-electron chi connectivity index (χ2n) is 10.9. The van der Waals surface area contributed by atoms with Crippen molar-refractivity contribution >= 4 is 23.2 Å². The zero-order valence-corrected chi connectivity index (χ0v) is 23.3. The van der Waals surface area contributed by atoms with Crippen molar-refractivity contribution < 1.29 is 32.2 Å². The van der Waals surface area contributed by atoms with E-state index in [0.717, 1.165) is 31.5 Å². The first-order valence-electron chi connectivity index (χ1n) is 13.6. The van der Waals surface area contributed by atoms with Crippen molar-refractivity contribution in [2.75, 3.05) is 41.4 Å². The highest BCUT2D eigenvalue weighted by atomic mass is 19.4. The Morgan fingerprint density at radius 1 is 1.21 bits per heavy atom. The highest BCUT2D eigenvalue weighted by molar-refractivity contribution is 6.04. The van der Waals surface area contributed by atoms with Gasteiger partial charge in [0.25, 0.3) is 0 Å². The number of piperidine rings is 1. The molecule has 2 bridgehead atoms. The van der Waals surface area contributed by atoms with Crippen LogP contribution in [0.2, 0.25) is 0 Å². The Hall–Kier alpha value is -4.04. The Morgan fingerprint density at radius 2 is 2.00 bits per heavy atom. The van der Waals surface area contributed by atoms with Crippen molar-refractivity contribution in [1.82, 2.24) is 19.9 Å². The SMILES string of the molecule is Cc1nc(-c2cccc(C(F)(F)F)c2)nc2c1N1CCCC(C1)N2C(=O)Nc1cnc(OC[C@H]2COC(C)(C)O2)nc1. The van der Waals surface area contributed by atoms with Gasteiger partial charge in [0.2, 0.25) is 0 Å². The fraction of sp³-hybridized carbons (Fsp3) is 0.464. The number of carbonyl (C=O) groups is 1. The van der Waals surface area contributed by atoms with Crippen LogP contribution in [0.1, 0.15) is 37.9 Å². The molecule has 6 rings (SSSR count). The number of rotatable bonds is 5. The summed E-state index contributed by atoms with van der Waals surface area (Å²) in [5.41, 5.74) is 1.03. The van der Waals surface area contributed by atoms with Gasteiger partial charge in [-0.2, -0.15) is 13.2 Å². The standard InChI is InChI=1S/C28H30F3N7O4/c1-16-22-24(36-23(34-16)17-6-4-7-18(10-17)28(29,30)31)38(20-8-5-9-37(22)13-20)26(39)35-19-11-32-25(33-12-19)40-14-21-15-41-27(2,3)42-21/h4,6-7,10-12,20-21H,5,8-9,13-15H2,1-3H3,(H,35,39)/t20?,21-/m0/s1. The van der Waals surface area contributed by atoms with Crippen LogP contribution in [0.5, 0.6) is 6.01 Å². The molecular formula is C28H30F3N7O4. The Bertz CT molecular complexity index is 1490. The Morgan fingerprint density at radius 3 is 2.71 bits per heavy atom. The molecule has 2 atom stereocenters. The molecule has 5 heterocycles. The van der Waals surface area contributed by atoms with Crippen molar-refractivity contribution in [2.24, 2.45) is 0 Å². The van der Waals surface area contributed by atoms with E-state index < -0.39 is 23.6 Å². The maximum Gasteiger partial charge on any atom is 0.416 e. The number of benzene rings is 1. The van der Waals surface area contributed by atoms with E-state index in [4.69, 9.17) is 14.2 Å². The van der Waals surface area contributed by atoms with Gasteiger partial charge in [-0.05, 0) is 45.7 Å². The predicted octanol–water partition coefficient (Wildman–Crippen LogP) is 4.81. The summed E-state index contributed by atoms with van der Waals surface area (Å²) < 4.78 is 57.0. The lowest BCUT2D eigenvalue weighted by Gasteiger charge is -2.46. The van der Waals surface area contributed by atoms with Crippen LogP contribution in [0.25, 0.3) is 11.4 Å². The van der Waals surface area contributed by atoms with Crippen LogP contribution >= 0.6 is 0 Å². The third kappa shape index (κ3) is 5.68. The molecule has 3 aliphatic heterocycles. The molecule has 11 nitrogen and oxygen atoms in total. The van der Waals surface area contributed by atoms with Gasteiger partial charge >= 0.3 is 18.2 Å². The Balaban J connectivity index is 1.23. The molecule has 0 saturated carbocycles. The van der Waals surface area contributed by atoms with Gasteiger partial charge in [0, 0.05) is 18.7 Å². The second-order valence-corrected chi connectivity index (χ2v) is 10.9. The number of aromatic nitrogens is 4. The monoisotopic (exact) mass is 585 g/mol. The summed E-state index contributed by atoms with van der Waals surface area (Å²) in [4.78, 5) is 35.0. The lowest BCUT2D eigenvalue weighted by atomic mass is 9.99. The molecule has 0 spiro atoms. The minimum absolute atomic E-state index is 0.112.